The lowest BCUT2D eigenvalue weighted by atomic mass is 10.3. The van der Waals surface area contributed by atoms with Crippen molar-refractivity contribution in [2.75, 3.05) is 31.6 Å². The first-order valence-electron chi connectivity index (χ1n) is 8.50. The quantitative estimate of drug-likeness (QED) is 0.410. The standard InChI is InChI=1S/C18H22N4O3S/c19-18(21-8-2-7-20-17(23)16-4-1-11-26-16)22-13-5-6-14-15(12-13)25-10-3-9-24-14/h1,4-6,11-12H,2-3,7-10H2,(H,20,23)(H3,19,21,22). The number of nitrogens with one attached hydrogen (secondary N) is 2. The summed E-state index contributed by atoms with van der Waals surface area (Å²) in [6, 6.07) is 9.24. The van der Waals surface area contributed by atoms with Crippen LogP contribution in [0.1, 0.15) is 22.5 Å². The van der Waals surface area contributed by atoms with Gasteiger partial charge in [-0.1, -0.05) is 6.07 Å². The highest BCUT2D eigenvalue weighted by Crippen LogP contribution is 2.32. The number of nitrogens with zero attached hydrogens (tertiary/aromatic N) is 1. The van der Waals surface area contributed by atoms with Gasteiger partial charge in [0.2, 0.25) is 0 Å². The Bertz CT molecular complexity index is 762. The Labute approximate surface area is 156 Å². The van der Waals surface area contributed by atoms with Gasteiger partial charge in [0.05, 0.1) is 18.1 Å². The summed E-state index contributed by atoms with van der Waals surface area (Å²) in [5, 5.41) is 7.78. The van der Waals surface area contributed by atoms with Crippen LogP contribution in [0.4, 0.5) is 5.69 Å². The number of carbonyl (C=O) groups is 1. The van der Waals surface area contributed by atoms with Gasteiger partial charge in [0, 0.05) is 31.3 Å². The number of guanidine groups is 1. The van der Waals surface area contributed by atoms with Crippen LogP contribution in [-0.4, -0.2) is 38.2 Å². The van der Waals surface area contributed by atoms with Gasteiger partial charge in [0.25, 0.3) is 5.91 Å². The molecule has 2 heterocycles. The second kappa shape index (κ2) is 9.10. The SMILES string of the molecule is NC(=NCCCNC(=O)c1cccs1)Nc1ccc2c(c1)OCCCO2. The molecule has 0 saturated heterocycles. The molecule has 138 valence electrons. The summed E-state index contributed by atoms with van der Waals surface area (Å²) in [6.07, 6.45) is 1.57. The number of anilines is 1. The molecule has 0 aliphatic carbocycles. The van der Waals surface area contributed by atoms with Crippen LogP contribution in [0.3, 0.4) is 0 Å². The van der Waals surface area contributed by atoms with E-state index in [1.54, 1.807) is 6.07 Å². The van der Waals surface area contributed by atoms with Gasteiger partial charge in [-0.25, -0.2) is 0 Å². The minimum Gasteiger partial charge on any atom is -0.490 e. The topological polar surface area (TPSA) is 98.0 Å². The summed E-state index contributed by atoms with van der Waals surface area (Å²) in [7, 11) is 0. The van der Waals surface area contributed by atoms with Gasteiger partial charge in [0.1, 0.15) is 0 Å². The zero-order chi connectivity index (χ0) is 18.2. The summed E-state index contributed by atoms with van der Waals surface area (Å²) >= 11 is 1.42. The molecule has 1 aromatic heterocycles. The first-order chi connectivity index (χ1) is 12.7. The molecule has 1 aliphatic heterocycles. The molecule has 0 saturated carbocycles. The summed E-state index contributed by atoms with van der Waals surface area (Å²) in [5.41, 5.74) is 6.71. The van der Waals surface area contributed by atoms with Crippen LogP contribution >= 0.6 is 11.3 Å². The van der Waals surface area contributed by atoms with Crippen molar-refractivity contribution < 1.29 is 14.3 Å². The number of rotatable bonds is 6. The van der Waals surface area contributed by atoms with E-state index in [-0.39, 0.29) is 5.91 Å². The minimum absolute atomic E-state index is 0.0535. The van der Waals surface area contributed by atoms with E-state index in [9.17, 15) is 4.79 Å². The van der Waals surface area contributed by atoms with E-state index in [1.165, 1.54) is 11.3 Å². The van der Waals surface area contributed by atoms with Crippen molar-refractivity contribution in [1.82, 2.24) is 5.32 Å². The number of ether oxygens (including phenoxy) is 2. The molecule has 1 aliphatic rings. The van der Waals surface area contributed by atoms with Gasteiger partial charge >= 0.3 is 0 Å². The van der Waals surface area contributed by atoms with Crippen LogP contribution in [0.5, 0.6) is 11.5 Å². The fraction of sp³-hybridized carbons (Fsp3) is 0.333. The molecule has 0 radical (unpaired) electrons. The Hall–Kier alpha value is -2.74. The lowest BCUT2D eigenvalue weighted by Crippen LogP contribution is -2.25. The van der Waals surface area contributed by atoms with Crippen molar-refractivity contribution in [3.8, 4) is 11.5 Å². The number of thiophene rings is 1. The summed E-state index contributed by atoms with van der Waals surface area (Å²) in [5.74, 6) is 1.72. The van der Waals surface area contributed by atoms with Crippen molar-refractivity contribution >= 4 is 28.9 Å². The highest BCUT2D eigenvalue weighted by Gasteiger charge is 2.10. The van der Waals surface area contributed by atoms with Crippen molar-refractivity contribution in [2.24, 2.45) is 10.7 Å². The molecule has 0 atom stereocenters. The smallest absolute Gasteiger partial charge is 0.261 e. The Balaban J connectivity index is 1.42. The normalized spacial score (nSPS) is 13.8. The van der Waals surface area contributed by atoms with E-state index in [0.29, 0.717) is 49.3 Å². The molecular weight excluding hydrogens is 352 g/mol. The fourth-order valence-electron chi connectivity index (χ4n) is 2.40. The number of benzene rings is 1. The third-order valence-corrected chi connectivity index (χ3v) is 4.54. The van der Waals surface area contributed by atoms with Crippen molar-refractivity contribution in [3.05, 3.63) is 40.6 Å². The number of hydrogen-bond donors (Lipinski definition) is 3. The molecule has 0 bridgehead atoms. The molecule has 3 rings (SSSR count). The molecule has 1 amide bonds. The number of hydrogen-bond acceptors (Lipinski definition) is 5. The van der Waals surface area contributed by atoms with E-state index in [2.05, 4.69) is 15.6 Å². The first kappa shape index (κ1) is 18.1. The number of aliphatic imine (C=N–C) groups is 1. The molecular formula is C18H22N4O3S. The largest absolute Gasteiger partial charge is 0.490 e. The van der Waals surface area contributed by atoms with Gasteiger partial charge in [-0.05, 0) is 30.0 Å². The average molecular weight is 374 g/mol. The second-order valence-corrected chi connectivity index (χ2v) is 6.64. The molecule has 0 spiro atoms. The predicted molar refractivity (Wildman–Crippen MR) is 103 cm³/mol. The zero-order valence-corrected chi connectivity index (χ0v) is 15.2. The summed E-state index contributed by atoms with van der Waals surface area (Å²) < 4.78 is 11.3. The van der Waals surface area contributed by atoms with Crippen molar-refractivity contribution in [2.45, 2.75) is 12.8 Å². The van der Waals surface area contributed by atoms with Crippen molar-refractivity contribution in [3.63, 3.8) is 0 Å². The summed E-state index contributed by atoms with van der Waals surface area (Å²) in [4.78, 5) is 16.8. The van der Waals surface area contributed by atoms with Gasteiger partial charge in [0.15, 0.2) is 17.5 Å². The van der Waals surface area contributed by atoms with Crippen LogP contribution < -0.4 is 25.8 Å². The van der Waals surface area contributed by atoms with Gasteiger partial charge in [-0.3, -0.25) is 9.79 Å². The molecule has 0 unspecified atom stereocenters. The molecule has 4 N–H and O–H groups in total. The Morgan fingerprint density at radius 1 is 1.23 bits per heavy atom. The van der Waals surface area contributed by atoms with Crippen LogP contribution in [-0.2, 0) is 0 Å². The van der Waals surface area contributed by atoms with Gasteiger partial charge in [-0.15, -0.1) is 11.3 Å². The van der Waals surface area contributed by atoms with Crippen LogP contribution in [0.15, 0.2) is 40.7 Å². The Morgan fingerprint density at radius 3 is 2.88 bits per heavy atom. The molecule has 26 heavy (non-hydrogen) atoms. The van der Waals surface area contributed by atoms with Crippen LogP contribution in [0.25, 0.3) is 0 Å². The molecule has 1 aromatic carbocycles. The second-order valence-electron chi connectivity index (χ2n) is 5.69. The third-order valence-electron chi connectivity index (χ3n) is 3.67. The van der Waals surface area contributed by atoms with Crippen LogP contribution in [0, 0.1) is 0 Å². The molecule has 0 fully saturated rings. The lowest BCUT2D eigenvalue weighted by Gasteiger charge is -2.10. The Kier molecular flexibility index (Phi) is 6.32. The fourth-order valence-corrected chi connectivity index (χ4v) is 3.04. The van der Waals surface area contributed by atoms with E-state index >= 15 is 0 Å². The zero-order valence-electron chi connectivity index (χ0n) is 14.4. The monoisotopic (exact) mass is 374 g/mol. The van der Waals surface area contributed by atoms with E-state index in [0.717, 1.165) is 17.9 Å². The third kappa shape index (κ3) is 5.13. The maximum Gasteiger partial charge on any atom is 0.261 e. The number of nitrogens with two attached hydrogens (primary N) is 1. The number of fused-ring (bicyclic) bond motifs is 1. The minimum atomic E-state index is -0.0535. The Morgan fingerprint density at radius 2 is 2.08 bits per heavy atom. The highest BCUT2D eigenvalue weighted by atomic mass is 32.1. The number of carbonyl (C=O) groups excluding carboxylic acids is 1. The van der Waals surface area contributed by atoms with E-state index in [4.69, 9.17) is 15.2 Å². The van der Waals surface area contributed by atoms with Gasteiger partial charge < -0.3 is 25.8 Å². The van der Waals surface area contributed by atoms with Crippen LogP contribution in [0.2, 0.25) is 0 Å². The maximum absolute atomic E-state index is 11.8. The lowest BCUT2D eigenvalue weighted by molar-refractivity contribution is 0.0957. The molecule has 8 heteroatoms. The van der Waals surface area contributed by atoms with E-state index < -0.39 is 0 Å². The average Bonchev–Trinajstić information content (AvgIpc) is 3.07. The van der Waals surface area contributed by atoms with Gasteiger partial charge in [-0.2, -0.15) is 0 Å². The van der Waals surface area contributed by atoms with Crippen molar-refractivity contribution in [1.29, 1.82) is 0 Å². The number of amides is 1. The molecule has 2 aromatic rings. The van der Waals surface area contributed by atoms with E-state index in [1.807, 2.05) is 29.6 Å². The first-order valence-corrected chi connectivity index (χ1v) is 9.38. The summed E-state index contributed by atoms with van der Waals surface area (Å²) in [6.45, 7) is 2.37. The maximum atomic E-state index is 11.8. The molecule has 7 nitrogen and oxygen atoms in total. The highest BCUT2D eigenvalue weighted by molar-refractivity contribution is 7.12. The predicted octanol–water partition coefficient (Wildman–Crippen LogP) is 2.46.